The van der Waals surface area contributed by atoms with Crippen molar-refractivity contribution in [3.05, 3.63) is 48.0 Å². The second kappa shape index (κ2) is 14.8. The van der Waals surface area contributed by atoms with Crippen LogP contribution in [0, 0.1) is 23.2 Å². The first kappa shape index (κ1) is 40.1. The number of benzene rings is 1. The van der Waals surface area contributed by atoms with Crippen molar-refractivity contribution in [2.45, 2.75) is 117 Å². The van der Waals surface area contributed by atoms with Crippen LogP contribution in [0.5, 0.6) is 0 Å². The molecule has 2 saturated heterocycles. The van der Waals surface area contributed by atoms with E-state index in [0.717, 1.165) is 34.6 Å². The molecule has 0 amide bonds. The van der Waals surface area contributed by atoms with Gasteiger partial charge in [-0.1, -0.05) is 52.5 Å². The largest absolute Gasteiger partial charge is 0.462 e. The van der Waals surface area contributed by atoms with Crippen LogP contribution in [0.15, 0.2) is 42.5 Å². The summed E-state index contributed by atoms with van der Waals surface area (Å²) < 4.78 is 41.7. The predicted octanol–water partition coefficient (Wildman–Crippen LogP) is 2.79. The second-order valence-corrected chi connectivity index (χ2v) is 14.3. The van der Waals surface area contributed by atoms with Crippen LogP contribution in [0.4, 0.5) is 0 Å². The molecule has 11 atom stereocenters. The van der Waals surface area contributed by atoms with Gasteiger partial charge < -0.3 is 38.3 Å². The average Bonchev–Trinajstić information content (AvgIpc) is 3.45. The van der Waals surface area contributed by atoms with Crippen LogP contribution < -0.4 is 0 Å². The fourth-order valence-corrected chi connectivity index (χ4v) is 7.99. The average molecular weight is 731 g/mol. The minimum Gasteiger partial charge on any atom is -0.462 e. The van der Waals surface area contributed by atoms with E-state index in [1.54, 1.807) is 25.1 Å². The van der Waals surface area contributed by atoms with Gasteiger partial charge in [-0.3, -0.25) is 28.8 Å². The van der Waals surface area contributed by atoms with Crippen molar-refractivity contribution < 1.29 is 71.8 Å². The molecule has 0 spiro atoms. The van der Waals surface area contributed by atoms with Gasteiger partial charge in [0.05, 0.1) is 17.4 Å². The molecule has 2 unspecified atom stereocenters. The highest BCUT2D eigenvalue weighted by Crippen LogP contribution is 2.60. The third kappa shape index (κ3) is 7.20. The van der Waals surface area contributed by atoms with E-state index in [1.165, 1.54) is 32.9 Å². The molecule has 52 heavy (non-hydrogen) atoms. The van der Waals surface area contributed by atoms with E-state index in [1.807, 2.05) is 0 Å². The monoisotopic (exact) mass is 730 g/mol. The van der Waals surface area contributed by atoms with Crippen LogP contribution in [0.25, 0.3) is 0 Å². The molecule has 0 radical (unpaired) electrons. The predicted molar refractivity (Wildman–Crippen MR) is 177 cm³/mol. The fraction of sp³-hybridized carbons (Fsp3) is 0.595. The first-order valence-electron chi connectivity index (χ1n) is 16.9. The van der Waals surface area contributed by atoms with Gasteiger partial charge in [-0.25, -0.2) is 4.79 Å². The third-order valence-corrected chi connectivity index (χ3v) is 10.1. The van der Waals surface area contributed by atoms with Crippen LogP contribution in [0.1, 0.15) is 79.1 Å². The number of fused-ring (bicyclic) bond motifs is 4. The van der Waals surface area contributed by atoms with E-state index in [2.05, 4.69) is 6.58 Å². The molecule has 15 nitrogen and oxygen atoms in total. The van der Waals surface area contributed by atoms with E-state index in [9.17, 15) is 38.7 Å². The Morgan fingerprint density at radius 2 is 1.31 bits per heavy atom. The molecule has 1 aliphatic carbocycles. The van der Waals surface area contributed by atoms with Gasteiger partial charge in [-0.15, -0.1) is 0 Å². The number of aliphatic hydroxyl groups is 1. The summed E-state index contributed by atoms with van der Waals surface area (Å²) in [6.07, 6.45) is -10.4. The first-order chi connectivity index (χ1) is 24.1. The maximum absolute atomic E-state index is 14.4. The highest BCUT2D eigenvalue weighted by molar-refractivity contribution is 5.90. The standard InChI is InChI=1S/C37H46O15/c1-17-16-36(51-24(8)42)26(28(17)46-20(4)38)29(47-21(5)39)18(2)30(48-22(6)40)31(50-34(44)25-14-12-11-13-15-25)33(49-23(7)41)35(9,10)32-27(43)19(3)37(36,45)52-32/h11-15,17,19,26,28-33,45H,2,16H2,1,3-10H3/t17-,19+,26+,28-,29?,30-,31?,32-,33+,36+,37+/m1/s1. The van der Waals surface area contributed by atoms with Crippen molar-refractivity contribution in [1.29, 1.82) is 0 Å². The molecule has 3 aliphatic rings. The van der Waals surface area contributed by atoms with E-state index in [0.29, 0.717) is 0 Å². The Morgan fingerprint density at radius 1 is 0.769 bits per heavy atom. The summed E-state index contributed by atoms with van der Waals surface area (Å²) in [7, 11) is 0. The molecule has 2 bridgehead atoms. The Bertz CT molecular complexity index is 1630. The SMILES string of the molecule is C=C1C(OC(C)=O)[C@@H]2[C@H](OC(C)=O)[C@H](C)C[C@@]2(OC(C)=O)[C@@]2(O)O[C@H](C(=O)[C@@H]2C)C(C)(C)[C@@H](OC(C)=O)C(OC(=O)c2ccccc2)[C@@H]1OC(C)=O. The Morgan fingerprint density at radius 3 is 1.83 bits per heavy atom. The molecule has 1 aromatic carbocycles. The molecule has 1 aromatic rings. The van der Waals surface area contributed by atoms with Gasteiger partial charge in [0, 0.05) is 45.6 Å². The quantitative estimate of drug-likeness (QED) is 0.243. The molecular formula is C37H46O15. The summed E-state index contributed by atoms with van der Waals surface area (Å²) in [5.41, 5.74) is -4.28. The number of carbonyl (C=O) groups excluding carboxylic acids is 7. The molecule has 2 aliphatic heterocycles. The van der Waals surface area contributed by atoms with Crippen LogP contribution >= 0.6 is 0 Å². The molecule has 3 fully saturated rings. The lowest BCUT2D eigenvalue weighted by Crippen LogP contribution is -2.66. The number of ether oxygens (including phenoxy) is 7. The molecule has 1 saturated carbocycles. The summed E-state index contributed by atoms with van der Waals surface area (Å²) >= 11 is 0. The first-order valence-corrected chi connectivity index (χ1v) is 16.9. The molecule has 284 valence electrons. The maximum atomic E-state index is 14.4. The van der Waals surface area contributed by atoms with Gasteiger partial charge >= 0.3 is 35.8 Å². The van der Waals surface area contributed by atoms with Crippen LogP contribution in [0.2, 0.25) is 0 Å². The van der Waals surface area contributed by atoms with Crippen molar-refractivity contribution >= 4 is 41.6 Å². The van der Waals surface area contributed by atoms with Gasteiger partial charge in [0.15, 0.2) is 29.7 Å². The Balaban J connectivity index is 2.16. The molecule has 15 heteroatoms. The maximum Gasteiger partial charge on any atom is 0.338 e. The minimum absolute atomic E-state index is 0.0459. The molecule has 4 rings (SSSR count). The highest BCUT2D eigenvalue weighted by Gasteiger charge is 2.77. The normalized spacial score (nSPS) is 35.2. The summed E-state index contributed by atoms with van der Waals surface area (Å²) in [6.45, 7) is 15.4. The summed E-state index contributed by atoms with van der Waals surface area (Å²) in [4.78, 5) is 92.5. The zero-order chi connectivity index (χ0) is 39.1. The van der Waals surface area contributed by atoms with Gasteiger partial charge in [0.1, 0.15) is 18.3 Å². The number of ketones is 1. The van der Waals surface area contributed by atoms with Crippen LogP contribution in [0.3, 0.4) is 0 Å². The van der Waals surface area contributed by atoms with E-state index < -0.39 is 113 Å². The third-order valence-electron chi connectivity index (χ3n) is 10.1. The molecule has 2 heterocycles. The van der Waals surface area contributed by atoms with Crippen molar-refractivity contribution in [2.24, 2.45) is 23.2 Å². The Hall–Kier alpha value is -4.63. The zero-order valence-corrected chi connectivity index (χ0v) is 30.7. The van der Waals surface area contributed by atoms with Crippen molar-refractivity contribution in [2.75, 3.05) is 0 Å². The molecule has 0 aromatic heterocycles. The lowest BCUT2D eigenvalue weighted by atomic mass is 9.68. The smallest absolute Gasteiger partial charge is 0.338 e. The lowest BCUT2D eigenvalue weighted by Gasteiger charge is -2.49. The number of hydrogen-bond acceptors (Lipinski definition) is 15. The molecular weight excluding hydrogens is 684 g/mol. The van der Waals surface area contributed by atoms with Gasteiger partial charge in [0.2, 0.25) is 5.79 Å². The Labute approximate surface area is 301 Å². The van der Waals surface area contributed by atoms with Crippen molar-refractivity contribution in [3.8, 4) is 0 Å². The highest BCUT2D eigenvalue weighted by atomic mass is 16.7. The number of rotatable bonds is 7. The van der Waals surface area contributed by atoms with Gasteiger partial charge in [-0.05, 0) is 24.5 Å². The van der Waals surface area contributed by atoms with Crippen LogP contribution in [-0.4, -0.2) is 94.7 Å². The van der Waals surface area contributed by atoms with Gasteiger partial charge in [0.25, 0.3) is 0 Å². The number of esters is 6. The van der Waals surface area contributed by atoms with Crippen molar-refractivity contribution in [1.82, 2.24) is 0 Å². The van der Waals surface area contributed by atoms with E-state index >= 15 is 0 Å². The Kier molecular flexibility index (Phi) is 11.4. The van der Waals surface area contributed by atoms with E-state index in [4.69, 9.17) is 33.2 Å². The topological polar surface area (TPSA) is 204 Å². The van der Waals surface area contributed by atoms with E-state index in [-0.39, 0.29) is 17.6 Å². The molecule has 1 N–H and O–H groups in total. The minimum atomic E-state index is -2.71. The zero-order valence-electron chi connectivity index (χ0n) is 30.7. The van der Waals surface area contributed by atoms with Gasteiger partial charge in [-0.2, -0.15) is 0 Å². The fourth-order valence-electron chi connectivity index (χ4n) is 7.99. The van der Waals surface area contributed by atoms with Crippen LogP contribution in [-0.2, 0) is 61.9 Å². The summed E-state index contributed by atoms with van der Waals surface area (Å²) in [5, 5.41) is 12.8. The second-order valence-electron chi connectivity index (χ2n) is 14.3. The summed E-state index contributed by atoms with van der Waals surface area (Å²) in [6, 6.07) is 7.68. The number of Topliss-reactive ketones (excluding diaryl/α,β-unsaturated/α-hetero) is 1. The lowest BCUT2D eigenvalue weighted by molar-refractivity contribution is -0.334. The van der Waals surface area contributed by atoms with Crippen molar-refractivity contribution in [3.63, 3.8) is 0 Å². The number of hydrogen-bond donors (Lipinski definition) is 1. The number of carbonyl (C=O) groups is 7. The summed E-state index contributed by atoms with van der Waals surface area (Å²) in [5.74, 6) is -12.7.